The lowest BCUT2D eigenvalue weighted by Crippen LogP contribution is -2.47. The molecule has 0 saturated carbocycles. The van der Waals surface area contributed by atoms with Crippen molar-refractivity contribution in [2.24, 2.45) is 0 Å². The zero-order valence-corrected chi connectivity index (χ0v) is 17.7. The molecule has 2 heterocycles. The van der Waals surface area contributed by atoms with Crippen molar-refractivity contribution in [1.82, 2.24) is 15.1 Å². The number of ether oxygens (including phenoxy) is 1. The Morgan fingerprint density at radius 3 is 2.48 bits per heavy atom. The van der Waals surface area contributed by atoms with Crippen LogP contribution in [0.5, 0.6) is 0 Å². The van der Waals surface area contributed by atoms with E-state index in [0.29, 0.717) is 19.5 Å². The lowest BCUT2D eigenvalue weighted by molar-refractivity contribution is -0.154. The predicted octanol–water partition coefficient (Wildman–Crippen LogP) is 2.11. The van der Waals surface area contributed by atoms with Crippen LogP contribution >= 0.6 is 0 Å². The van der Waals surface area contributed by atoms with Gasteiger partial charge in [0.2, 0.25) is 0 Å². The van der Waals surface area contributed by atoms with Gasteiger partial charge in [0.15, 0.2) is 6.61 Å². The molecule has 1 aliphatic carbocycles. The second-order valence-electron chi connectivity index (χ2n) is 8.55. The van der Waals surface area contributed by atoms with E-state index in [-0.39, 0.29) is 12.5 Å². The maximum atomic E-state index is 13.2. The van der Waals surface area contributed by atoms with Crippen molar-refractivity contribution in [2.75, 3.05) is 26.2 Å². The maximum Gasteiger partial charge on any atom is 0.326 e. The highest BCUT2D eigenvalue weighted by Gasteiger charge is 2.54. The topological polar surface area (TPSA) is 96.0 Å². The zero-order chi connectivity index (χ0) is 21.8. The molecule has 2 saturated heterocycles. The van der Waals surface area contributed by atoms with Gasteiger partial charge in [-0.1, -0.05) is 43.5 Å². The van der Waals surface area contributed by atoms with Crippen molar-refractivity contribution in [3.8, 4) is 0 Å². The lowest BCUT2D eigenvalue weighted by Gasteiger charge is -2.33. The number of amides is 4. The minimum atomic E-state index is -1.12. The van der Waals surface area contributed by atoms with Crippen molar-refractivity contribution in [1.29, 1.82) is 0 Å². The summed E-state index contributed by atoms with van der Waals surface area (Å²) < 4.78 is 5.13. The smallest absolute Gasteiger partial charge is 0.326 e. The summed E-state index contributed by atoms with van der Waals surface area (Å²) in [6.07, 6.45) is 7.40. The summed E-state index contributed by atoms with van der Waals surface area (Å²) in [7, 11) is 0. The van der Waals surface area contributed by atoms with E-state index in [4.69, 9.17) is 4.74 Å². The van der Waals surface area contributed by atoms with Gasteiger partial charge in [-0.15, -0.1) is 0 Å². The number of esters is 1. The largest absolute Gasteiger partial charge is 0.454 e. The summed E-state index contributed by atoms with van der Waals surface area (Å²) in [4.78, 5) is 53.2. The van der Waals surface area contributed by atoms with E-state index in [1.165, 1.54) is 6.42 Å². The van der Waals surface area contributed by atoms with E-state index in [9.17, 15) is 19.2 Å². The molecule has 1 aromatic rings. The highest BCUT2D eigenvalue weighted by atomic mass is 16.5. The van der Waals surface area contributed by atoms with Gasteiger partial charge >= 0.3 is 12.0 Å². The summed E-state index contributed by atoms with van der Waals surface area (Å²) in [5.74, 6) is -1.42. The number of carbonyl (C=O) groups excluding carboxylic acids is 4. The standard InChI is InChI=1S/C23H29N3O5/c27-19(25-13-6-2-1-3-7-14-25)16-31-20(28)15-26-21(29)23(24-22(26)30)12-8-10-17-9-4-5-11-18(17)23/h4-5,9,11H,1-3,6-8,10,12-16H2,(H,24,30)/t23-/m1/s1. The van der Waals surface area contributed by atoms with E-state index < -0.39 is 30.0 Å². The zero-order valence-electron chi connectivity index (χ0n) is 17.7. The highest BCUT2D eigenvalue weighted by Crippen LogP contribution is 2.39. The number of benzene rings is 1. The Bertz CT molecular complexity index is 878. The first-order chi connectivity index (χ1) is 15.0. The number of urea groups is 1. The summed E-state index contributed by atoms with van der Waals surface area (Å²) in [6, 6.07) is 6.98. The number of imide groups is 1. The molecule has 0 radical (unpaired) electrons. The first kappa shape index (κ1) is 21.3. The van der Waals surface area contributed by atoms with Crippen molar-refractivity contribution in [3.63, 3.8) is 0 Å². The van der Waals surface area contributed by atoms with Crippen LogP contribution in [0.4, 0.5) is 4.79 Å². The van der Waals surface area contributed by atoms with Gasteiger partial charge in [-0.05, 0) is 43.2 Å². The predicted molar refractivity (Wildman–Crippen MR) is 112 cm³/mol. The van der Waals surface area contributed by atoms with E-state index in [1.807, 2.05) is 24.3 Å². The monoisotopic (exact) mass is 427 g/mol. The fourth-order valence-corrected chi connectivity index (χ4v) is 4.86. The molecule has 1 atom stereocenters. The summed E-state index contributed by atoms with van der Waals surface area (Å²) in [6.45, 7) is 0.481. The second kappa shape index (κ2) is 9.08. The van der Waals surface area contributed by atoms with E-state index in [1.54, 1.807) is 4.90 Å². The highest BCUT2D eigenvalue weighted by molar-refractivity contribution is 6.09. The molecule has 4 rings (SSSR count). The summed E-state index contributed by atoms with van der Waals surface area (Å²) in [5, 5.41) is 2.81. The average Bonchev–Trinajstić information content (AvgIpc) is 2.97. The van der Waals surface area contributed by atoms with Crippen molar-refractivity contribution in [3.05, 3.63) is 35.4 Å². The molecule has 8 heteroatoms. The van der Waals surface area contributed by atoms with Crippen LogP contribution in [0.3, 0.4) is 0 Å². The minimum absolute atomic E-state index is 0.231. The van der Waals surface area contributed by atoms with E-state index in [2.05, 4.69) is 5.32 Å². The third-order valence-corrected chi connectivity index (χ3v) is 6.50. The molecular weight excluding hydrogens is 398 g/mol. The number of nitrogens with one attached hydrogen (secondary N) is 1. The SMILES string of the molecule is O=C(CN1C(=O)N[C@@]2(CCCc3ccccc32)C1=O)OCC(=O)N1CCCCCCC1. The van der Waals surface area contributed by atoms with Crippen molar-refractivity contribution < 1.29 is 23.9 Å². The number of hydrogen-bond donors (Lipinski definition) is 1. The third kappa shape index (κ3) is 4.29. The van der Waals surface area contributed by atoms with Crippen LogP contribution in [-0.2, 0) is 31.1 Å². The Kier molecular flexibility index (Phi) is 6.25. The molecule has 0 bridgehead atoms. The Hall–Kier alpha value is -2.90. The van der Waals surface area contributed by atoms with Gasteiger partial charge in [0.25, 0.3) is 11.8 Å². The fourth-order valence-electron chi connectivity index (χ4n) is 4.86. The van der Waals surface area contributed by atoms with Crippen LogP contribution in [0.15, 0.2) is 24.3 Å². The summed E-state index contributed by atoms with van der Waals surface area (Å²) >= 11 is 0. The maximum absolute atomic E-state index is 13.2. The van der Waals surface area contributed by atoms with Crippen molar-refractivity contribution in [2.45, 2.75) is 56.9 Å². The van der Waals surface area contributed by atoms with Crippen LogP contribution < -0.4 is 5.32 Å². The molecule has 2 aliphatic heterocycles. The molecular formula is C23H29N3O5. The Balaban J connectivity index is 1.36. The quantitative estimate of drug-likeness (QED) is 0.586. The molecule has 4 amide bonds. The van der Waals surface area contributed by atoms with Gasteiger partial charge in [0.1, 0.15) is 12.1 Å². The molecule has 8 nitrogen and oxygen atoms in total. The number of carbonyl (C=O) groups is 4. The van der Waals surface area contributed by atoms with Gasteiger partial charge in [0.05, 0.1) is 0 Å². The average molecular weight is 428 g/mol. The normalized spacial score (nSPS) is 23.7. The Morgan fingerprint density at radius 1 is 1.00 bits per heavy atom. The van der Waals surface area contributed by atoms with E-state index in [0.717, 1.165) is 54.6 Å². The lowest BCUT2D eigenvalue weighted by atomic mass is 9.76. The Labute approximate surface area is 181 Å². The minimum Gasteiger partial charge on any atom is -0.454 e. The molecule has 1 aromatic carbocycles. The summed E-state index contributed by atoms with van der Waals surface area (Å²) in [5.41, 5.74) is 0.709. The van der Waals surface area contributed by atoms with Crippen LogP contribution in [-0.4, -0.2) is 59.9 Å². The molecule has 1 spiro atoms. The van der Waals surface area contributed by atoms with Gasteiger partial charge in [-0.3, -0.25) is 19.3 Å². The van der Waals surface area contributed by atoms with E-state index >= 15 is 0 Å². The second-order valence-corrected chi connectivity index (χ2v) is 8.55. The third-order valence-electron chi connectivity index (χ3n) is 6.50. The molecule has 3 aliphatic rings. The number of rotatable bonds is 4. The van der Waals surface area contributed by atoms with Crippen LogP contribution in [0.25, 0.3) is 0 Å². The van der Waals surface area contributed by atoms with Gasteiger partial charge in [0, 0.05) is 13.1 Å². The number of nitrogens with zero attached hydrogens (tertiary/aromatic N) is 2. The Morgan fingerprint density at radius 2 is 1.71 bits per heavy atom. The van der Waals surface area contributed by atoms with Gasteiger partial charge < -0.3 is 15.0 Å². The van der Waals surface area contributed by atoms with Crippen LogP contribution in [0.2, 0.25) is 0 Å². The van der Waals surface area contributed by atoms with Crippen molar-refractivity contribution >= 4 is 23.8 Å². The molecule has 166 valence electrons. The van der Waals surface area contributed by atoms with Crippen LogP contribution in [0.1, 0.15) is 56.1 Å². The van der Waals surface area contributed by atoms with Gasteiger partial charge in [-0.25, -0.2) is 4.79 Å². The number of aryl methyl sites for hydroxylation is 1. The van der Waals surface area contributed by atoms with Gasteiger partial charge in [-0.2, -0.15) is 0 Å². The molecule has 0 aromatic heterocycles. The first-order valence-electron chi connectivity index (χ1n) is 11.2. The fraction of sp³-hybridized carbons (Fsp3) is 0.565. The number of fused-ring (bicyclic) bond motifs is 2. The molecule has 2 fully saturated rings. The van der Waals surface area contributed by atoms with Crippen LogP contribution in [0, 0.1) is 0 Å². The molecule has 0 unspecified atom stereocenters. The molecule has 31 heavy (non-hydrogen) atoms. The molecule has 1 N–H and O–H groups in total. The first-order valence-corrected chi connectivity index (χ1v) is 11.2. The number of likely N-dealkylation sites (tertiary alicyclic amines) is 1. The number of hydrogen-bond acceptors (Lipinski definition) is 5.